The Morgan fingerprint density at radius 3 is 1.35 bits per heavy atom. The predicted octanol–water partition coefficient (Wildman–Crippen LogP) is 9.19. The first kappa shape index (κ1) is 47.6. The summed E-state index contributed by atoms with van der Waals surface area (Å²) in [5, 5.41) is 28.8. The minimum Gasteiger partial charge on any atom is -0.493 e. The number of likely N-dealkylation sites (tertiary alicyclic amines) is 2. The number of nitrogens with one attached hydrogen (secondary N) is 2. The highest BCUT2D eigenvalue weighted by molar-refractivity contribution is 6.31. The third-order valence-corrected chi connectivity index (χ3v) is 11.6. The molecule has 2 aliphatic heterocycles. The third-order valence-electron chi connectivity index (χ3n) is 11.2. The average molecular weight is 936 g/mol. The van der Waals surface area contributed by atoms with Gasteiger partial charge in [0.05, 0.1) is 36.6 Å². The zero-order chi connectivity index (χ0) is 45.7. The van der Waals surface area contributed by atoms with Crippen LogP contribution in [0.4, 0.5) is 31.8 Å². The van der Waals surface area contributed by atoms with E-state index in [1.54, 1.807) is 48.5 Å². The molecule has 2 unspecified atom stereocenters. The summed E-state index contributed by atoms with van der Waals surface area (Å²) in [5.74, 6) is 1.76. The first-order valence-corrected chi connectivity index (χ1v) is 22.5. The number of anilines is 4. The highest BCUT2D eigenvalue weighted by Gasteiger charge is 2.20. The van der Waals surface area contributed by atoms with Gasteiger partial charge < -0.3 is 49.6 Å². The molecule has 8 rings (SSSR count). The van der Waals surface area contributed by atoms with Crippen molar-refractivity contribution in [3.05, 3.63) is 95.0 Å². The van der Waals surface area contributed by atoms with E-state index in [9.17, 15) is 19.0 Å². The highest BCUT2D eigenvalue weighted by Crippen LogP contribution is 2.37. The third kappa shape index (κ3) is 13.1. The highest BCUT2D eigenvalue weighted by atomic mass is 35.5. The first-order valence-electron chi connectivity index (χ1n) is 21.7. The van der Waals surface area contributed by atoms with Crippen LogP contribution in [0.25, 0.3) is 21.8 Å². The number of nitrogens with zero attached hydrogens (tertiary/aromatic N) is 6. The number of aromatic nitrogens is 4. The van der Waals surface area contributed by atoms with Crippen molar-refractivity contribution in [1.29, 1.82) is 0 Å². The van der Waals surface area contributed by atoms with Gasteiger partial charge in [0, 0.05) is 46.0 Å². The van der Waals surface area contributed by atoms with E-state index >= 15 is 0 Å². The molecule has 2 fully saturated rings. The zero-order valence-corrected chi connectivity index (χ0v) is 37.9. The lowest BCUT2D eigenvalue weighted by atomic mass is 10.1. The lowest BCUT2D eigenvalue weighted by Gasteiger charge is -2.28. The smallest absolute Gasteiger partial charge is 0.163 e. The molecule has 4 aromatic carbocycles. The van der Waals surface area contributed by atoms with Crippen molar-refractivity contribution in [2.24, 2.45) is 0 Å². The summed E-state index contributed by atoms with van der Waals surface area (Å²) in [7, 11) is 3.07. The molecular weight excluding hydrogens is 881 g/mol. The number of hydrogen-bond acceptors (Lipinski definition) is 14. The molecular formula is C47H54Cl2F2N8O6. The second-order valence-corrected chi connectivity index (χ2v) is 16.9. The summed E-state index contributed by atoms with van der Waals surface area (Å²) in [6, 6.07) is 15.7. The standard InChI is InChI=1S/C24H28ClFN4O3.C23H26ClFN4O3/c1-32-22-11-18-21(27-15-28-24(18)29-20-7-6-16(25)10-19(20)26)12-23(22)33-14-17(31)13-30-8-4-2-3-5-9-30;1-31-21-10-17-20(11-22(21)32-13-16(30)12-29-7-3-2-4-8-29)26-14-27-23(17)28-19-6-5-15(24)9-18(19)25/h6-7,10-12,15,17,31H,2-5,8-9,13-14H2,1H3,(H,27,28,29);5-6,9-11,14,16,30H,2-4,7-8,12-13H2,1H3,(H,26,27,28). The maximum atomic E-state index is 14.3. The number of piperidine rings is 1. The SMILES string of the molecule is COc1cc2c(Nc3ccc(Cl)cc3F)ncnc2cc1OCC(O)CN1CCCCC1.COc1cc2c(Nc3ccc(Cl)cc3F)ncnc2cc1OCC(O)CN1CCCCCC1. The molecule has 2 atom stereocenters. The number of aliphatic hydroxyl groups excluding tert-OH is 2. The number of benzene rings is 4. The first-order chi connectivity index (χ1) is 31.6. The fraction of sp³-hybridized carbons (Fsp3) is 0.404. The van der Waals surface area contributed by atoms with Gasteiger partial charge in [0.25, 0.3) is 0 Å². The van der Waals surface area contributed by atoms with Crippen LogP contribution in [-0.2, 0) is 0 Å². The van der Waals surface area contributed by atoms with Gasteiger partial charge in [-0.05, 0) is 100 Å². The van der Waals surface area contributed by atoms with Crippen LogP contribution in [0.15, 0.2) is 73.3 Å². The molecule has 2 aliphatic rings. The minimum atomic E-state index is -0.612. The minimum absolute atomic E-state index is 0.143. The van der Waals surface area contributed by atoms with Gasteiger partial charge in [0.1, 0.15) is 61.3 Å². The van der Waals surface area contributed by atoms with Crippen molar-refractivity contribution in [1.82, 2.24) is 29.7 Å². The van der Waals surface area contributed by atoms with E-state index < -0.39 is 23.8 Å². The summed E-state index contributed by atoms with van der Waals surface area (Å²) >= 11 is 11.7. The van der Waals surface area contributed by atoms with Gasteiger partial charge in [0.2, 0.25) is 0 Å². The number of fused-ring (bicyclic) bond motifs is 2. The Bertz CT molecular complexity index is 2510. The molecule has 2 saturated heterocycles. The number of hydrogen-bond donors (Lipinski definition) is 4. The summed E-state index contributed by atoms with van der Waals surface area (Å²) in [5.41, 5.74) is 1.68. The Balaban J connectivity index is 0.000000194. The van der Waals surface area contributed by atoms with Gasteiger partial charge in [-0.1, -0.05) is 42.5 Å². The van der Waals surface area contributed by atoms with Crippen LogP contribution in [0, 0.1) is 11.6 Å². The lowest BCUT2D eigenvalue weighted by molar-refractivity contribution is 0.0609. The van der Waals surface area contributed by atoms with Crippen molar-refractivity contribution in [3.8, 4) is 23.0 Å². The summed E-state index contributed by atoms with van der Waals surface area (Å²) in [6.45, 7) is 5.50. The average Bonchev–Trinajstić information content (AvgIpc) is 3.58. The van der Waals surface area contributed by atoms with Crippen molar-refractivity contribution >= 4 is 68.0 Å². The van der Waals surface area contributed by atoms with Crippen molar-refractivity contribution in [2.75, 3.05) is 77.3 Å². The van der Waals surface area contributed by atoms with E-state index in [2.05, 4.69) is 40.4 Å². The van der Waals surface area contributed by atoms with Crippen LogP contribution in [0.2, 0.25) is 10.0 Å². The molecule has 18 heteroatoms. The number of methoxy groups -OCH3 is 2. The van der Waals surface area contributed by atoms with E-state index in [-0.39, 0.29) is 24.6 Å². The van der Waals surface area contributed by atoms with Crippen LogP contribution >= 0.6 is 23.2 Å². The number of rotatable bonds is 16. The maximum Gasteiger partial charge on any atom is 0.163 e. The molecule has 4 heterocycles. The lowest BCUT2D eigenvalue weighted by Crippen LogP contribution is -2.38. The van der Waals surface area contributed by atoms with Crippen LogP contribution in [0.5, 0.6) is 23.0 Å². The van der Waals surface area contributed by atoms with E-state index in [1.807, 2.05) is 0 Å². The normalized spacial score (nSPS) is 15.6. The quantitative estimate of drug-likeness (QED) is 0.0728. The van der Waals surface area contributed by atoms with Crippen LogP contribution in [0.1, 0.15) is 44.9 Å². The molecule has 4 N–H and O–H groups in total. The molecule has 0 saturated carbocycles. The topological polar surface area (TPSA) is 159 Å². The van der Waals surface area contributed by atoms with Crippen LogP contribution < -0.4 is 29.6 Å². The van der Waals surface area contributed by atoms with Crippen molar-refractivity contribution in [3.63, 3.8) is 0 Å². The fourth-order valence-corrected chi connectivity index (χ4v) is 8.16. The Labute approximate surface area is 386 Å². The molecule has 6 aromatic rings. The molecule has 14 nitrogen and oxygen atoms in total. The van der Waals surface area contributed by atoms with Gasteiger partial charge in [-0.15, -0.1) is 0 Å². The van der Waals surface area contributed by atoms with Crippen molar-refractivity contribution in [2.45, 2.75) is 57.2 Å². The molecule has 0 aliphatic carbocycles. The molecule has 2 aromatic heterocycles. The largest absolute Gasteiger partial charge is 0.493 e. The van der Waals surface area contributed by atoms with Gasteiger partial charge in [-0.2, -0.15) is 0 Å². The Morgan fingerprint density at radius 1 is 0.569 bits per heavy atom. The number of β-amino-alcohol motifs (C(OH)–C–C–N with tert-alkyl or cyclic N) is 2. The molecule has 65 heavy (non-hydrogen) atoms. The second-order valence-electron chi connectivity index (χ2n) is 16.0. The van der Waals surface area contributed by atoms with E-state index in [0.29, 0.717) is 79.6 Å². The number of aliphatic hydroxyl groups is 2. The molecule has 346 valence electrons. The number of halogens is 4. The molecule has 0 spiro atoms. The van der Waals surface area contributed by atoms with E-state index in [4.69, 9.17) is 42.1 Å². The Hall–Kier alpha value is -5.36. The molecule has 0 radical (unpaired) electrons. The summed E-state index contributed by atoms with van der Waals surface area (Å²) in [4.78, 5) is 21.7. The summed E-state index contributed by atoms with van der Waals surface area (Å²) < 4.78 is 51.2. The van der Waals surface area contributed by atoms with Gasteiger partial charge in [-0.3, -0.25) is 0 Å². The number of ether oxygens (including phenoxy) is 4. The Kier molecular flexibility index (Phi) is 17.0. The van der Waals surface area contributed by atoms with Crippen LogP contribution in [-0.4, -0.2) is 119 Å². The molecule has 0 bridgehead atoms. The molecule has 0 amide bonds. The van der Waals surface area contributed by atoms with E-state index in [0.717, 1.165) is 26.2 Å². The zero-order valence-electron chi connectivity index (χ0n) is 36.4. The second kappa shape index (κ2) is 23.2. The van der Waals surface area contributed by atoms with Gasteiger partial charge >= 0.3 is 0 Å². The predicted molar refractivity (Wildman–Crippen MR) is 250 cm³/mol. The van der Waals surface area contributed by atoms with Crippen molar-refractivity contribution < 1.29 is 37.9 Å². The maximum absolute atomic E-state index is 14.3. The monoisotopic (exact) mass is 934 g/mol. The van der Waals surface area contributed by atoms with E-state index in [1.165, 1.54) is 84.0 Å². The Morgan fingerprint density at radius 2 is 0.969 bits per heavy atom. The van der Waals surface area contributed by atoms with Crippen LogP contribution in [0.3, 0.4) is 0 Å². The van der Waals surface area contributed by atoms with Gasteiger partial charge in [-0.25, -0.2) is 28.7 Å². The summed E-state index contributed by atoms with van der Waals surface area (Å²) in [6.07, 6.45) is 9.99. The van der Waals surface area contributed by atoms with Gasteiger partial charge in [0.15, 0.2) is 23.0 Å². The fourth-order valence-electron chi connectivity index (χ4n) is 7.84.